The first-order valence-electron chi connectivity index (χ1n) is 5.46. The van der Waals surface area contributed by atoms with E-state index >= 15 is 0 Å². The molecule has 1 heterocycles. The number of carbonyl (C=O) groups excluding carboxylic acids is 1. The number of hydrogen-bond acceptors (Lipinski definition) is 4. The molecule has 0 radical (unpaired) electrons. The second kappa shape index (κ2) is 5.47. The van der Waals surface area contributed by atoms with Crippen molar-refractivity contribution in [3.8, 4) is 0 Å². The molecule has 0 aromatic rings. The van der Waals surface area contributed by atoms with Crippen molar-refractivity contribution in [1.82, 2.24) is 9.80 Å². The minimum Gasteiger partial charge on any atom is -0.469 e. The van der Waals surface area contributed by atoms with Gasteiger partial charge in [-0.25, -0.2) is 0 Å². The number of nitrogens with zero attached hydrogens (tertiary/aromatic N) is 2. The maximum atomic E-state index is 11.3. The molecular weight excluding hydrogens is 192 g/mol. The summed E-state index contributed by atoms with van der Waals surface area (Å²) < 4.78 is 4.74. The molecule has 0 aromatic heterocycles. The lowest BCUT2D eigenvalue weighted by Gasteiger charge is -2.28. The summed E-state index contributed by atoms with van der Waals surface area (Å²) in [5.41, 5.74) is 0. The SMILES string of the molecule is COC(=O)CC(C1CCN(C)C1)N(C)C. The number of rotatable bonds is 4. The fourth-order valence-electron chi connectivity index (χ4n) is 2.31. The van der Waals surface area contributed by atoms with Crippen LogP contribution >= 0.6 is 0 Å². The lowest BCUT2D eigenvalue weighted by Crippen LogP contribution is -2.38. The van der Waals surface area contributed by atoms with Gasteiger partial charge in [-0.1, -0.05) is 0 Å². The molecule has 0 amide bonds. The van der Waals surface area contributed by atoms with Crippen molar-refractivity contribution in [3.63, 3.8) is 0 Å². The Balaban J connectivity index is 2.54. The summed E-state index contributed by atoms with van der Waals surface area (Å²) in [5, 5.41) is 0. The summed E-state index contributed by atoms with van der Waals surface area (Å²) in [6.07, 6.45) is 1.68. The van der Waals surface area contributed by atoms with Gasteiger partial charge in [0.25, 0.3) is 0 Å². The first-order chi connectivity index (χ1) is 7.04. The third kappa shape index (κ3) is 3.47. The predicted octanol–water partition coefficient (Wildman–Crippen LogP) is 0.431. The summed E-state index contributed by atoms with van der Waals surface area (Å²) in [6, 6.07) is 0.308. The van der Waals surface area contributed by atoms with Crippen molar-refractivity contribution in [2.24, 2.45) is 5.92 Å². The second-order valence-electron chi connectivity index (χ2n) is 4.62. The Labute approximate surface area is 92.2 Å². The maximum absolute atomic E-state index is 11.3. The number of methoxy groups -OCH3 is 1. The quantitative estimate of drug-likeness (QED) is 0.635. The van der Waals surface area contributed by atoms with Gasteiger partial charge in [-0.05, 0) is 40.0 Å². The van der Waals surface area contributed by atoms with Crippen molar-refractivity contribution >= 4 is 5.97 Å². The Morgan fingerprint density at radius 3 is 2.67 bits per heavy atom. The third-order valence-corrected chi connectivity index (χ3v) is 3.24. The van der Waals surface area contributed by atoms with Crippen LogP contribution < -0.4 is 0 Å². The number of ether oxygens (including phenoxy) is 1. The molecule has 0 bridgehead atoms. The van der Waals surface area contributed by atoms with Gasteiger partial charge in [0.1, 0.15) is 0 Å². The van der Waals surface area contributed by atoms with Crippen LogP contribution in [0.2, 0.25) is 0 Å². The molecule has 15 heavy (non-hydrogen) atoms. The van der Waals surface area contributed by atoms with E-state index in [4.69, 9.17) is 4.74 Å². The minimum absolute atomic E-state index is 0.108. The van der Waals surface area contributed by atoms with E-state index in [1.165, 1.54) is 13.5 Å². The molecule has 2 atom stereocenters. The molecule has 1 aliphatic heterocycles. The summed E-state index contributed by atoms with van der Waals surface area (Å²) in [7, 11) is 7.65. The van der Waals surface area contributed by atoms with Gasteiger partial charge in [0.15, 0.2) is 0 Å². The molecule has 0 N–H and O–H groups in total. The van der Waals surface area contributed by atoms with E-state index in [2.05, 4.69) is 16.8 Å². The van der Waals surface area contributed by atoms with Gasteiger partial charge in [0.2, 0.25) is 0 Å². The lowest BCUT2D eigenvalue weighted by molar-refractivity contribution is -0.142. The Kier molecular flexibility index (Phi) is 4.54. The van der Waals surface area contributed by atoms with E-state index in [1.807, 2.05) is 14.1 Å². The van der Waals surface area contributed by atoms with Crippen molar-refractivity contribution in [3.05, 3.63) is 0 Å². The van der Waals surface area contributed by atoms with Crippen molar-refractivity contribution < 1.29 is 9.53 Å². The van der Waals surface area contributed by atoms with Gasteiger partial charge in [-0.3, -0.25) is 4.79 Å². The molecule has 2 unspecified atom stereocenters. The lowest BCUT2D eigenvalue weighted by atomic mass is 9.95. The Bertz CT molecular complexity index is 219. The maximum Gasteiger partial charge on any atom is 0.307 e. The van der Waals surface area contributed by atoms with Crippen molar-refractivity contribution in [2.45, 2.75) is 18.9 Å². The third-order valence-electron chi connectivity index (χ3n) is 3.24. The van der Waals surface area contributed by atoms with E-state index in [9.17, 15) is 4.79 Å². The zero-order valence-electron chi connectivity index (χ0n) is 10.2. The molecule has 4 heteroatoms. The molecule has 0 saturated carbocycles. The zero-order valence-corrected chi connectivity index (χ0v) is 10.2. The van der Waals surface area contributed by atoms with E-state index in [1.54, 1.807) is 0 Å². The molecular formula is C11H22N2O2. The molecule has 1 saturated heterocycles. The van der Waals surface area contributed by atoms with Crippen molar-refractivity contribution in [2.75, 3.05) is 41.3 Å². The highest BCUT2D eigenvalue weighted by molar-refractivity contribution is 5.69. The number of carbonyl (C=O) groups is 1. The molecule has 0 spiro atoms. The smallest absolute Gasteiger partial charge is 0.307 e. The van der Waals surface area contributed by atoms with Gasteiger partial charge in [0, 0.05) is 12.6 Å². The fraction of sp³-hybridized carbons (Fsp3) is 0.909. The van der Waals surface area contributed by atoms with E-state index < -0.39 is 0 Å². The molecule has 0 aliphatic carbocycles. The highest BCUT2D eigenvalue weighted by Crippen LogP contribution is 2.23. The highest BCUT2D eigenvalue weighted by atomic mass is 16.5. The Morgan fingerprint density at radius 1 is 1.60 bits per heavy atom. The van der Waals surface area contributed by atoms with Crippen LogP contribution in [0.15, 0.2) is 0 Å². The summed E-state index contributed by atoms with van der Waals surface area (Å²) in [4.78, 5) is 15.8. The minimum atomic E-state index is -0.108. The first kappa shape index (κ1) is 12.5. The van der Waals surface area contributed by atoms with Crippen LogP contribution in [0.25, 0.3) is 0 Å². The van der Waals surface area contributed by atoms with Crippen LogP contribution in [0.1, 0.15) is 12.8 Å². The van der Waals surface area contributed by atoms with Crippen molar-refractivity contribution in [1.29, 1.82) is 0 Å². The largest absolute Gasteiger partial charge is 0.469 e. The summed E-state index contributed by atoms with van der Waals surface area (Å²) >= 11 is 0. The monoisotopic (exact) mass is 214 g/mol. The van der Waals surface area contributed by atoms with E-state index in [0.29, 0.717) is 18.4 Å². The van der Waals surface area contributed by atoms with Gasteiger partial charge in [-0.15, -0.1) is 0 Å². The van der Waals surface area contributed by atoms with E-state index in [-0.39, 0.29) is 5.97 Å². The normalized spacial score (nSPS) is 24.5. The standard InChI is InChI=1S/C11H22N2O2/c1-12(2)10(7-11(14)15-4)9-5-6-13(3)8-9/h9-10H,5-8H2,1-4H3. The van der Waals surface area contributed by atoms with Gasteiger partial charge >= 0.3 is 5.97 Å². The molecule has 1 rings (SSSR count). The van der Waals surface area contributed by atoms with Crippen LogP contribution in [-0.4, -0.2) is 63.2 Å². The Morgan fingerprint density at radius 2 is 2.27 bits per heavy atom. The molecule has 4 nitrogen and oxygen atoms in total. The molecule has 88 valence electrons. The van der Waals surface area contributed by atoms with Crippen LogP contribution in [0.3, 0.4) is 0 Å². The molecule has 1 aliphatic rings. The topological polar surface area (TPSA) is 32.8 Å². The van der Waals surface area contributed by atoms with Gasteiger partial charge in [0.05, 0.1) is 13.5 Å². The zero-order chi connectivity index (χ0) is 11.4. The van der Waals surface area contributed by atoms with Gasteiger partial charge in [-0.2, -0.15) is 0 Å². The summed E-state index contributed by atoms with van der Waals surface area (Å²) in [5.74, 6) is 0.479. The fourth-order valence-corrected chi connectivity index (χ4v) is 2.31. The van der Waals surface area contributed by atoms with Crippen LogP contribution in [0, 0.1) is 5.92 Å². The van der Waals surface area contributed by atoms with Gasteiger partial charge < -0.3 is 14.5 Å². The predicted molar refractivity (Wildman–Crippen MR) is 59.7 cm³/mol. The Hall–Kier alpha value is -0.610. The van der Waals surface area contributed by atoms with Crippen LogP contribution in [0.4, 0.5) is 0 Å². The average molecular weight is 214 g/mol. The van der Waals surface area contributed by atoms with E-state index in [0.717, 1.165) is 13.1 Å². The number of hydrogen-bond donors (Lipinski definition) is 0. The summed E-state index contributed by atoms with van der Waals surface area (Å²) in [6.45, 7) is 2.22. The molecule has 1 fully saturated rings. The number of likely N-dealkylation sites (tertiary alicyclic amines) is 1. The van der Waals surface area contributed by atoms with Crippen LogP contribution in [-0.2, 0) is 9.53 Å². The number of esters is 1. The highest BCUT2D eigenvalue weighted by Gasteiger charge is 2.30. The van der Waals surface area contributed by atoms with Crippen LogP contribution in [0.5, 0.6) is 0 Å². The molecule has 0 aromatic carbocycles. The first-order valence-corrected chi connectivity index (χ1v) is 5.46. The average Bonchev–Trinajstić information content (AvgIpc) is 2.60. The second-order valence-corrected chi connectivity index (χ2v) is 4.62.